The summed E-state index contributed by atoms with van der Waals surface area (Å²) in [5.41, 5.74) is 10.0. The molecule has 0 saturated carbocycles. The Kier molecular flexibility index (Phi) is 18.8. The second-order valence-corrected chi connectivity index (χ2v) is 16.3. The van der Waals surface area contributed by atoms with Gasteiger partial charge in [-0.05, 0) is 76.6 Å². The molecule has 5 N–H and O–H groups in total. The van der Waals surface area contributed by atoms with Gasteiger partial charge in [-0.3, -0.25) is 38.4 Å². The van der Waals surface area contributed by atoms with Gasteiger partial charge >= 0.3 is 41.8 Å². The highest BCUT2D eigenvalue weighted by Crippen LogP contribution is 2.33. The van der Waals surface area contributed by atoms with Crippen molar-refractivity contribution in [2.45, 2.75) is 109 Å². The molecule has 1 aliphatic heterocycles. The van der Waals surface area contributed by atoms with Crippen LogP contribution in [-0.4, -0.2) is 117 Å². The van der Waals surface area contributed by atoms with Crippen molar-refractivity contribution in [2.75, 3.05) is 49.8 Å². The molecule has 0 aliphatic carbocycles. The number of rotatable bonds is 25. The van der Waals surface area contributed by atoms with Gasteiger partial charge in [-0.25, -0.2) is 0 Å². The second kappa shape index (κ2) is 24.6. The molecule has 68 heavy (non-hydrogen) atoms. The number of carbonyl (C=O) groups is 8. The van der Waals surface area contributed by atoms with E-state index in [1.807, 2.05) is 0 Å². The highest BCUT2D eigenvalue weighted by atomic mass is 16.5. The van der Waals surface area contributed by atoms with E-state index in [4.69, 9.17) is 33.2 Å². The third kappa shape index (κ3) is 13.3. The molecule has 20 nitrogen and oxygen atoms in total. The number of methoxy groups -OCH3 is 7. The molecule has 0 atom stereocenters. The van der Waals surface area contributed by atoms with Crippen LogP contribution >= 0.6 is 0 Å². The fourth-order valence-electron chi connectivity index (χ4n) is 8.79. The molecular formula is C48H61N5O15. The fraction of sp³-hybridized carbons (Fsp3) is 0.500. The minimum Gasteiger partial charge on any atom is -0.469 e. The van der Waals surface area contributed by atoms with Crippen LogP contribution in [0.2, 0.25) is 0 Å². The molecule has 0 unspecified atom stereocenters. The zero-order chi connectivity index (χ0) is 49.5. The van der Waals surface area contributed by atoms with E-state index in [2.05, 4.69) is 25.3 Å². The highest BCUT2D eigenvalue weighted by Gasteiger charge is 2.29. The fourth-order valence-corrected chi connectivity index (χ4v) is 8.79. The predicted octanol–water partition coefficient (Wildman–Crippen LogP) is 2.90. The van der Waals surface area contributed by atoms with Crippen LogP contribution in [-0.2, 0) is 149 Å². The number of aromatic nitrogens is 4. The molecule has 1 amide bonds. The summed E-state index contributed by atoms with van der Waals surface area (Å²) in [6.07, 6.45) is 3.61. The van der Waals surface area contributed by atoms with Gasteiger partial charge in [0.15, 0.2) is 0 Å². The van der Waals surface area contributed by atoms with Gasteiger partial charge in [-0.1, -0.05) is 0 Å². The molecule has 1 aliphatic rings. The average molecular weight is 948 g/mol. The van der Waals surface area contributed by atoms with Crippen molar-refractivity contribution in [3.63, 3.8) is 0 Å². The Morgan fingerprint density at radius 3 is 1.32 bits per heavy atom. The molecule has 0 saturated heterocycles. The quantitative estimate of drug-likeness (QED) is 0.0472. The van der Waals surface area contributed by atoms with Gasteiger partial charge < -0.3 is 58.4 Å². The van der Waals surface area contributed by atoms with E-state index in [1.165, 1.54) is 49.8 Å². The number of amides is 1. The number of carbonyl (C=O) groups excluding carboxylic acids is 8. The van der Waals surface area contributed by atoms with Gasteiger partial charge in [0.25, 0.3) is 0 Å². The van der Waals surface area contributed by atoms with Gasteiger partial charge in [-0.2, -0.15) is 0 Å². The first-order valence-electron chi connectivity index (χ1n) is 22.2. The Labute approximate surface area is 393 Å². The molecule has 4 aromatic rings. The van der Waals surface area contributed by atoms with Crippen LogP contribution in [0.4, 0.5) is 0 Å². The number of ether oxygens (including phenoxy) is 7. The predicted molar refractivity (Wildman–Crippen MR) is 240 cm³/mol. The average Bonchev–Trinajstić information content (AvgIpc) is 4.07. The minimum absolute atomic E-state index is 0.0344. The monoisotopic (exact) mass is 947 g/mol. The maximum Gasteiger partial charge on any atom is 0.310 e. The lowest BCUT2D eigenvalue weighted by Gasteiger charge is -2.14. The lowest BCUT2D eigenvalue weighted by atomic mass is 9.94. The number of esters is 7. The summed E-state index contributed by atoms with van der Waals surface area (Å²) < 4.78 is 35.1. The summed E-state index contributed by atoms with van der Waals surface area (Å²) in [6.45, 7) is 0.259. The van der Waals surface area contributed by atoms with Gasteiger partial charge in [0, 0.05) is 91.0 Å². The van der Waals surface area contributed by atoms with Gasteiger partial charge in [0.05, 0.1) is 82.0 Å². The Balaban J connectivity index is 1.69. The van der Waals surface area contributed by atoms with E-state index in [0.29, 0.717) is 74.8 Å². The van der Waals surface area contributed by atoms with E-state index in [-0.39, 0.29) is 108 Å². The maximum absolute atomic E-state index is 13.2. The second-order valence-electron chi connectivity index (χ2n) is 16.3. The summed E-state index contributed by atoms with van der Waals surface area (Å²) >= 11 is 0. The first-order chi connectivity index (χ1) is 32.7. The van der Waals surface area contributed by atoms with Gasteiger partial charge in [-0.15, -0.1) is 0 Å². The van der Waals surface area contributed by atoms with Crippen molar-refractivity contribution in [3.05, 3.63) is 90.6 Å². The zero-order valence-corrected chi connectivity index (χ0v) is 39.7. The molecule has 5 heterocycles. The third-order valence-electron chi connectivity index (χ3n) is 12.3. The third-order valence-corrected chi connectivity index (χ3v) is 12.3. The van der Waals surface area contributed by atoms with Gasteiger partial charge in [0.2, 0.25) is 5.91 Å². The van der Waals surface area contributed by atoms with Crippen LogP contribution in [0.5, 0.6) is 0 Å². The van der Waals surface area contributed by atoms with E-state index in [1.54, 1.807) is 6.20 Å². The summed E-state index contributed by atoms with van der Waals surface area (Å²) in [7, 11) is 9.04. The van der Waals surface area contributed by atoms with E-state index >= 15 is 0 Å². The first kappa shape index (κ1) is 51.9. The Hall–Kier alpha value is -7.12. The number of H-pyrrole nitrogens is 4. The first-order valence-corrected chi connectivity index (χ1v) is 22.2. The Morgan fingerprint density at radius 1 is 0.456 bits per heavy atom. The molecule has 5 rings (SSSR count). The number of aromatic amines is 4. The molecular weight excluding hydrogens is 887 g/mol. The zero-order valence-electron chi connectivity index (χ0n) is 39.7. The standard InChI is InChI=1S/C48H61N5O15/c1-62-42(55)10-8-9-26-24-49-34(30(26)18-46(59)66-5)21-35-28(12-15-44(57)64-3)32(19-47(60)67-6)38(51-35)22-36-29(13-16-45(58)65-4)33(20-48(61)68-7)39(52-36)23-37-27(11-14-43(56)63-2)31-17-41(54)50-25-40(31)53-37/h24,49,51-53H,8-23,25H2,1-7H3,(H,50,54). The number of fused-ring (bicyclic) bond motifs is 1. The van der Waals surface area contributed by atoms with Crippen molar-refractivity contribution in [3.8, 4) is 0 Å². The van der Waals surface area contributed by atoms with Crippen molar-refractivity contribution in [1.82, 2.24) is 25.3 Å². The molecule has 0 aromatic carbocycles. The van der Waals surface area contributed by atoms with E-state index in [9.17, 15) is 38.4 Å². The van der Waals surface area contributed by atoms with Crippen LogP contribution in [0.1, 0.15) is 116 Å². The van der Waals surface area contributed by atoms with Crippen molar-refractivity contribution in [2.24, 2.45) is 0 Å². The Morgan fingerprint density at radius 2 is 0.853 bits per heavy atom. The number of hydrogen-bond donors (Lipinski definition) is 5. The lowest BCUT2D eigenvalue weighted by molar-refractivity contribution is -0.141. The summed E-state index contributed by atoms with van der Waals surface area (Å²) in [6, 6.07) is 0. The normalized spacial score (nSPS) is 11.9. The SMILES string of the molecule is COC(=O)CCCc1c[nH]c(Cc2[nH]c(Cc3[nH]c(Cc4[nH]c5c(c4CCC(=O)OC)CC(=O)NC5)c(CC(=O)OC)c3CCC(=O)OC)c(CC(=O)OC)c2CCC(=O)OC)c1CC(=O)OC. The van der Waals surface area contributed by atoms with Crippen LogP contribution in [0.15, 0.2) is 6.20 Å². The number of hydrogen-bond acceptors (Lipinski definition) is 15. The van der Waals surface area contributed by atoms with Crippen molar-refractivity contribution in [1.29, 1.82) is 0 Å². The van der Waals surface area contributed by atoms with Crippen LogP contribution in [0.3, 0.4) is 0 Å². The summed E-state index contributed by atoms with van der Waals surface area (Å²) in [5, 5.41) is 2.85. The molecule has 20 heteroatoms. The van der Waals surface area contributed by atoms with E-state index < -0.39 is 35.8 Å². The molecule has 0 radical (unpaired) electrons. The lowest BCUT2D eigenvalue weighted by Crippen LogP contribution is -2.30. The number of aryl methyl sites for hydroxylation is 1. The maximum atomic E-state index is 13.2. The highest BCUT2D eigenvalue weighted by molar-refractivity contribution is 5.81. The molecule has 368 valence electrons. The topological polar surface area (TPSA) is 276 Å². The van der Waals surface area contributed by atoms with Crippen LogP contribution in [0.25, 0.3) is 0 Å². The van der Waals surface area contributed by atoms with Crippen molar-refractivity contribution >= 4 is 47.7 Å². The van der Waals surface area contributed by atoms with Crippen molar-refractivity contribution < 1.29 is 71.5 Å². The smallest absolute Gasteiger partial charge is 0.310 e. The molecule has 4 aromatic heterocycles. The minimum atomic E-state index is -0.553. The van der Waals surface area contributed by atoms with Crippen LogP contribution < -0.4 is 5.32 Å². The largest absolute Gasteiger partial charge is 0.469 e. The Bertz CT molecular complexity index is 2500. The summed E-state index contributed by atoms with van der Waals surface area (Å²) in [5.74, 6) is -3.48. The number of nitrogens with one attached hydrogen (secondary N) is 5. The summed E-state index contributed by atoms with van der Waals surface area (Å²) in [4.78, 5) is 115. The van der Waals surface area contributed by atoms with Crippen LogP contribution in [0, 0.1) is 0 Å². The van der Waals surface area contributed by atoms with E-state index in [0.717, 1.165) is 22.4 Å². The van der Waals surface area contributed by atoms with Gasteiger partial charge in [0.1, 0.15) is 0 Å². The molecule has 0 spiro atoms. The molecule has 0 bridgehead atoms. The molecule has 0 fully saturated rings.